The number of halogens is 1. The lowest BCUT2D eigenvalue weighted by Crippen LogP contribution is -2.55. The molecule has 2 aliphatic rings. The molecule has 3 rings (SSSR count). The zero-order chi connectivity index (χ0) is 16.6. The molecule has 0 spiro atoms. The fraction of sp³-hybridized carbons (Fsp3) is 0.529. The number of carbonyl (C=O) groups is 2. The van der Waals surface area contributed by atoms with Gasteiger partial charge >= 0.3 is 0 Å². The summed E-state index contributed by atoms with van der Waals surface area (Å²) in [5.74, 6) is -0.820. The van der Waals surface area contributed by atoms with Crippen LogP contribution in [0.2, 0.25) is 0 Å². The topological polar surface area (TPSA) is 52.7 Å². The maximum atomic E-state index is 14.2. The lowest BCUT2D eigenvalue weighted by Gasteiger charge is -2.36. The smallest absolute Gasteiger partial charge is 0.257 e. The third-order valence-electron chi connectivity index (χ3n) is 4.41. The van der Waals surface area contributed by atoms with Gasteiger partial charge in [0.05, 0.1) is 5.56 Å². The van der Waals surface area contributed by atoms with E-state index in [1.165, 1.54) is 12.1 Å². The van der Waals surface area contributed by atoms with Gasteiger partial charge in [0.2, 0.25) is 5.91 Å². The summed E-state index contributed by atoms with van der Waals surface area (Å²) >= 11 is 0. The standard InChI is InChI=1S/C17H22FN3O2/c1-11-9-20(10-12(2)19-11)17(23)14-8-13(5-6-15(14)18)21-7-3-4-16(21)22/h5-6,8,11-12,19H,3-4,7,9-10H2,1-2H3. The Balaban J connectivity index is 1.86. The molecular formula is C17H22FN3O2. The van der Waals surface area contributed by atoms with Gasteiger partial charge in [0.1, 0.15) is 5.82 Å². The van der Waals surface area contributed by atoms with E-state index >= 15 is 0 Å². The number of piperazine rings is 1. The second-order valence-electron chi connectivity index (χ2n) is 6.49. The first kappa shape index (κ1) is 15.9. The minimum absolute atomic E-state index is 0.0272. The molecule has 0 bridgehead atoms. The Hall–Kier alpha value is -1.95. The van der Waals surface area contributed by atoms with Crippen molar-refractivity contribution in [1.29, 1.82) is 0 Å². The lowest BCUT2D eigenvalue weighted by atomic mass is 10.1. The average Bonchev–Trinajstić information content (AvgIpc) is 2.92. The van der Waals surface area contributed by atoms with E-state index in [1.54, 1.807) is 15.9 Å². The number of nitrogens with one attached hydrogen (secondary N) is 1. The van der Waals surface area contributed by atoms with Gasteiger partial charge in [0, 0.05) is 43.8 Å². The van der Waals surface area contributed by atoms with Gasteiger partial charge in [-0.1, -0.05) is 0 Å². The summed E-state index contributed by atoms with van der Waals surface area (Å²) < 4.78 is 14.2. The van der Waals surface area contributed by atoms with Gasteiger partial charge in [-0.15, -0.1) is 0 Å². The summed E-state index contributed by atoms with van der Waals surface area (Å²) in [4.78, 5) is 27.9. The van der Waals surface area contributed by atoms with E-state index in [0.717, 1.165) is 6.42 Å². The van der Waals surface area contributed by atoms with Crippen LogP contribution >= 0.6 is 0 Å². The van der Waals surface area contributed by atoms with Gasteiger partial charge in [-0.3, -0.25) is 9.59 Å². The van der Waals surface area contributed by atoms with Crippen molar-refractivity contribution >= 4 is 17.5 Å². The first-order valence-electron chi connectivity index (χ1n) is 8.11. The molecule has 2 aliphatic heterocycles. The highest BCUT2D eigenvalue weighted by molar-refractivity contribution is 5.99. The fourth-order valence-corrected chi connectivity index (χ4v) is 3.43. The van der Waals surface area contributed by atoms with Crippen LogP contribution in [0.25, 0.3) is 0 Å². The van der Waals surface area contributed by atoms with E-state index in [1.807, 2.05) is 13.8 Å². The molecule has 2 saturated heterocycles. The van der Waals surface area contributed by atoms with Crippen molar-refractivity contribution < 1.29 is 14.0 Å². The highest BCUT2D eigenvalue weighted by Crippen LogP contribution is 2.25. The highest BCUT2D eigenvalue weighted by atomic mass is 19.1. The van der Waals surface area contributed by atoms with Crippen LogP contribution in [-0.2, 0) is 4.79 Å². The molecule has 2 unspecified atom stereocenters. The SMILES string of the molecule is CC1CN(C(=O)c2cc(N3CCCC3=O)ccc2F)CC(C)N1. The lowest BCUT2D eigenvalue weighted by molar-refractivity contribution is -0.117. The Morgan fingerprint density at radius 2 is 1.96 bits per heavy atom. The van der Waals surface area contributed by atoms with Crippen molar-refractivity contribution in [3.05, 3.63) is 29.6 Å². The Morgan fingerprint density at radius 1 is 1.26 bits per heavy atom. The average molecular weight is 319 g/mol. The summed E-state index contributed by atoms with van der Waals surface area (Å²) in [6.45, 7) is 5.74. The molecule has 0 aliphatic carbocycles. The monoisotopic (exact) mass is 319 g/mol. The molecule has 1 N–H and O–H groups in total. The van der Waals surface area contributed by atoms with E-state index < -0.39 is 5.82 Å². The normalized spacial score (nSPS) is 25.1. The van der Waals surface area contributed by atoms with Gasteiger partial charge in [-0.2, -0.15) is 0 Å². The van der Waals surface area contributed by atoms with Crippen LogP contribution in [0, 0.1) is 5.82 Å². The van der Waals surface area contributed by atoms with Crippen molar-refractivity contribution in [3.8, 4) is 0 Å². The third kappa shape index (κ3) is 3.22. The van der Waals surface area contributed by atoms with Crippen molar-refractivity contribution in [1.82, 2.24) is 10.2 Å². The Kier molecular flexibility index (Phi) is 4.35. The number of hydrogen-bond acceptors (Lipinski definition) is 3. The molecule has 0 saturated carbocycles. The third-order valence-corrected chi connectivity index (χ3v) is 4.41. The summed E-state index contributed by atoms with van der Waals surface area (Å²) in [5.41, 5.74) is 0.650. The number of amides is 2. The van der Waals surface area contributed by atoms with Gasteiger partial charge in [-0.05, 0) is 38.5 Å². The molecule has 1 aromatic carbocycles. The number of benzene rings is 1. The molecule has 2 heterocycles. The molecule has 5 nitrogen and oxygen atoms in total. The molecule has 0 aromatic heterocycles. The van der Waals surface area contributed by atoms with Crippen LogP contribution in [0.4, 0.5) is 10.1 Å². The van der Waals surface area contributed by atoms with Crippen LogP contribution in [0.5, 0.6) is 0 Å². The summed E-state index contributed by atoms with van der Waals surface area (Å²) in [7, 11) is 0. The molecule has 2 fully saturated rings. The molecular weight excluding hydrogens is 297 g/mol. The van der Waals surface area contributed by atoms with E-state index in [2.05, 4.69) is 5.32 Å². The number of hydrogen-bond donors (Lipinski definition) is 1. The van der Waals surface area contributed by atoms with Gasteiger partial charge in [0.15, 0.2) is 0 Å². The van der Waals surface area contributed by atoms with Crippen LogP contribution in [0.1, 0.15) is 37.0 Å². The summed E-state index contributed by atoms with van der Waals surface area (Å²) in [5, 5.41) is 3.35. The van der Waals surface area contributed by atoms with E-state index in [9.17, 15) is 14.0 Å². The molecule has 1 aromatic rings. The number of rotatable bonds is 2. The molecule has 0 radical (unpaired) electrons. The maximum absolute atomic E-state index is 14.2. The zero-order valence-corrected chi connectivity index (χ0v) is 13.5. The fourth-order valence-electron chi connectivity index (χ4n) is 3.43. The Labute approximate surface area is 135 Å². The van der Waals surface area contributed by atoms with Gasteiger partial charge in [0.25, 0.3) is 5.91 Å². The summed E-state index contributed by atoms with van der Waals surface area (Å²) in [6.07, 6.45) is 1.31. The van der Waals surface area contributed by atoms with E-state index in [-0.39, 0.29) is 29.5 Å². The molecule has 6 heteroatoms. The van der Waals surface area contributed by atoms with Crippen LogP contribution in [0.15, 0.2) is 18.2 Å². The van der Waals surface area contributed by atoms with E-state index in [4.69, 9.17) is 0 Å². The molecule has 23 heavy (non-hydrogen) atoms. The van der Waals surface area contributed by atoms with Gasteiger partial charge in [-0.25, -0.2) is 4.39 Å². The van der Waals surface area contributed by atoms with Crippen LogP contribution in [0.3, 0.4) is 0 Å². The van der Waals surface area contributed by atoms with Crippen molar-refractivity contribution in [2.45, 2.75) is 38.8 Å². The predicted octanol–water partition coefficient (Wildman–Crippen LogP) is 1.77. The second kappa shape index (κ2) is 6.28. The molecule has 124 valence electrons. The van der Waals surface area contributed by atoms with Crippen molar-refractivity contribution in [2.75, 3.05) is 24.5 Å². The van der Waals surface area contributed by atoms with Gasteiger partial charge < -0.3 is 15.1 Å². The van der Waals surface area contributed by atoms with E-state index in [0.29, 0.717) is 31.7 Å². The predicted molar refractivity (Wildman–Crippen MR) is 86.0 cm³/mol. The minimum Gasteiger partial charge on any atom is -0.335 e. The second-order valence-corrected chi connectivity index (χ2v) is 6.49. The van der Waals surface area contributed by atoms with Crippen LogP contribution in [-0.4, -0.2) is 48.4 Å². The Bertz CT molecular complexity index is 624. The first-order valence-corrected chi connectivity index (χ1v) is 8.11. The number of nitrogens with zero attached hydrogens (tertiary/aromatic N) is 2. The maximum Gasteiger partial charge on any atom is 0.257 e. The van der Waals surface area contributed by atoms with Crippen LogP contribution < -0.4 is 10.2 Å². The number of carbonyl (C=O) groups excluding carboxylic acids is 2. The highest BCUT2D eigenvalue weighted by Gasteiger charge is 2.28. The summed E-state index contributed by atoms with van der Waals surface area (Å²) in [6, 6.07) is 4.71. The number of anilines is 1. The Morgan fingerprint density at radius 3 is 2.57 bits per heavy atom. The molecule has 2 atom stereocenters. The molecule has 2 amide bonds. The zero-order valence-electron chi connectivity index (χ0n) is 13.5. The quantitative estimate of drug-likeness (QED) is 0.904. The van der Waals surface area contributed by atoms with Crippen molar-refractivity contribution in [3.63, 3.8) is 0 Å². The largest absolute Gasteiger partial charge is 0.335 e. The van der Waals surface area contributed by atoms with Crippen molar-refractivity contribution in [2.24, 2.45) is 0 Å². The first-order chi connectivity index (χ1) is 11.0. The minimum atomic E-state index is -0.538.